The van der Waals surface area contributed by atoms with Gasteiger partial charge in [-0.2, -0.15) is 5.11 Å². The van der Waals surface area contributed by atoms with E-state index in [1.165, 1.54) is 0 Å². The summed E-state index contributed by atoms with van der Waals surface area (Å²) in [5, 5.41) is 37.3. The Bertz CT molecular complexity index is 2530. The van der Waals surface area contributed by atoms with Crippen LogP contribution in [0.1, 0.15) is 50.4 Å². The Morgan fingerprint density at radius 1 is 0.537 bits per heavy atom. The third kappa shape index (κ3) is 8.05. The second kappa shape index (κ2) is 16.8. The molecule has 0 spiro atoms. The van der Waals surface area contributed by atoms with E-state index in [4.69, 9.17) is 25.2 Å². The van der Waals surface area contributed by atoms with Crippen molar-refractivity contribution in [1.29, 1.82) is 0 Å². The Kier molecular flexibility index (Phi) is 11.1. The van der Waals surface area contributed by atoms with Crippen LogP contribution in [0.2, 0.25) is 0 Å². The van der Waals surface area contributed by atoms with Crippen molar-refractivity contribution in [2.24, 2.45) is 30.7 Å². The molecule has 1 unspecified atom stereocenters. The topological polar surface area (TPSA) is 112 Å². The SMILES string of the molecule is CCCCOC(=O)c1ccc(/N=N/c2ccc(/N=N/c3ccc(/N=N/c4ccc(NC(C)CC)c5ccccc45)c4ccccc34)c3ccccc23)cc1. The Hall–Kier alpha value is -6.61. The minimum Gasteiger partial charge on any atom is -0.462 e. The number of hydrogen-bond acceptors (Lipinski definition) is 9. The Labute approximate surface area is 314 Å². The number of rotatable bonds is 13. The second-order valence-electron chi connectivity index (χ2n) is 13.1. The summed E-state index contributed by atoms with van der Waals surface area (Å²) in [6, 6.07) is 43.3. The number of ether oxygens (including phenoxy) is 1. The van der Waals surface area contributed by atoms with Gasteiger partial charge in [-0.15, -0.1) is 25.6 Å². The molecule has 0 fully saturated rings. The van der Waals surface area contributed by atoms with Gasteiger partial charge in [-0.25, -0.2) is 4.79 Å². The largest absolute Gasteiger partial charge is 0.462 e. The van der Waals surface area contributed by atoms with E-state index in [2.05, 4.69) is 54.5 Å². The number of azo groups is 3. The molecule has 7 aromatic carbocycles. The normalized spacial score (nSPS) is 12.4. The van der Waals surface area contributed by atoms with Crippen LogP contribution in [0.25, 0.3) is 32.3 Å². The Morgan fingerprint density at radius 2 is 0.944 bits per heavy atom. The number of unbranched alkanes of at least 4 members (excludes halogenated alkanes) is 1. The summed E-state index contributed by atoms with van der Waals surface area (Å²) in [6.07, 6.45) is 2.85. The molecule has 0 heterocycles. The van der Waals surface area contributed by atoms with E-state index in [0.29, 0.717) is 35.3 Å². The summed E-state index contributed by atoms with van der Waals surface area (Å²) >= 11 is 0. The van der Waals surface area contributed by atoms with Gasteiger partial charge in [0, 0.05) is 44.0 Å². The van der Waals surface area contributed by atoms with Gasteiger partial charge in [0.25, 0.3) is 0 Å². The molecule has 0 aliphatic rings. The van der Waals surface area contributed by atoms with E-state index in [-0.39, 0.29) is 5.97 Å². The van der Waals surface area contributed by atoms with Gasteiger partial charge in [0.05, 0.1) is 46.3 Å². The van der Waals surface area contributed by atoms with E-state index in [0.717, 1.165) is 74.3 Å². The van der Waals surface area contributed by atoms with Gasteiger partial charge in [-0.05, 0) is 80.4 Å². The van der Waals surface area contributed by atoms with Gasteiger partial charge in [0.1, 0.15) is 0 Å². The summed E-state index contributed by atoms with van der Waals surface area (Å²) in [6.45, 7) is 6.83. The molecule has 0 bridgehead atoms. The molecule has 7 aromatic rings. The molecule has 9 nitrogen and oxygen atoms in total. The molecule has 1 N–H and O–H groups in total. The predicted molar refractivity (Wildman–Crippen MR) is 219 cm³/mol. The number of nitrogens with one attached hydrogen (secondary N) is 1. The van der Waals surface area contributed by atoms with Gasteiger partial charge in [-0.3, -0.25) is 0 Å². The number of carbonyl (C=O) groups is 1. The van der Waals surface area contributed by atoms with Crippen LogP contribution >= 0.6 is 0 Å². The van der Waals surface area contributed by atoms with Crippen LogP contribution in [0.5, 0.6) is 0 Å². The van der Waals surface area contributed by atoms with Gasteiger partial charge in [0.15, 0.2) is 0 Å². The molecular formula is C45H41N7O2. The van der Waals surface area contributed by atoms with Crippen LogP contribution in [-0.4, -0.2) is 18.6 Å². The molecule has 0 saturated heterocycles. The maximum atomic E-state index is 12.3. The third-order valence-corrected chi connectivity index (χ3v) is 9.31. The van der Waals surface area contributed by atoms with Crippen molar-refractivity contribution in [2.45, 2.75) is 46.1 Å². The second-order valence-corrected chi connectivity index (χ2v) is 13.1. The van der Waals surface area contributed by atoms with Gasteiger partial charge in [0.2, 0.25) is 0 Å². The standard InChI is InChI=1S/C45H41N7O2/c1-4-6-29-54-45(53)31-19-21-32(22-20-31)47-48-40-25-26-42(36-16-10-9-15-35(36)40)51-52-44-28-27-43(37-17-11-12-18-38(37)44)50-49-41-24-23-39(46-30(3)5-2)33-13-7-8-14-34(33)41/h7-28,30,46H,4-6,29H2,1-3H3/b48-47+,50-49+,52-51+. The first-order chi connectivity index (χ1) is 26.5. The highest BCUT2D eigenvalue weighted by Gasteiger charge is 2.11. The number of benzene rings is 7. The Balaban J connectivity index is 1.13. The van der Waals surface area contributed by atoms with Gasteiger partial charge in [-0.1, -0.05) is 93.1 Å². The van der Waals surface area contributed by atoms with E-state index in [9.17, 15) is 4.79 Å². The smallest absolute Gasteiger partial charge is 0.338 e. The summed E-state index contributed by atoms with van der Waals surface area (Å²) in [4.78, 5) is 12.3. The summed E-state index contributed by atoms with van der Waals surface area (Å²) in [7, 11) is 0. The van der Waals surface area contributed by atoms with Crippen molar-refractivity contribution < 1.29 is 9.53 Å². The molecule has 0 amide bonds. The first kappa shape index (κ1) is 35.8. The number of carbonyl (C=O) groups excluding carboxylic acids is 1. The fraction of sp³-hybridized carbons (Fsp3) is 0.178. The maximum Gasteiger partial charge on any atom is 0.338 e. The average Bonchev–Trinajstić information content (AvgIpc) is 3.22. The first-order valence-electron chi connectivity index (χ1n) is 18.4. The van der Waals surface area contributed by atoms with E-state index < -0.39 is 0 Å². The molecule has 0 aliphatic heterocycles. The van der Waals surface area contributed by atoms with Crippen LogP contribution < -0.4 is 5.32 Å². The monoisotopic (exact) mass is 711 g/mol. The number of anilines is 1. The van der Waals surface area contributed by atoms with Crippen LogP contribution in [0, 0.1) is 0 Å². The predicted octanol–water partition coefficient (Wildman–Crippen LogP) is 14.6. The molecule has 0 aliphatic carbocycles. The number of esters is 1. The fourth-order valence-electron chi connectivity index (χ4n) is 6.13. The van der Waals surface area contributed by atoms with E-state index >= 15 is 0 Å². The summed E-state index contributed by atoms with van der Waals surface area (Å²) in [5.74, 6) is -0.335. The molecule has 1 atom stereocenters. The van der Waals surface area contributed by atoms with Gasteiger partial charge >= 0.3 is 5.97 Å². The van der Waals surface area contributed by atoms with E-state index in [1.807, 2.05) is 91.0 Å². The number of hydrogen-bond donors (Lipinski definition) is 1. The molecule has 0 radical (unpaired) electrons. The molecule has 0 saturated carbocycles. The highest BCUT2D eigenvalue weighted by Crippen LogP contribution is 2.39. The summed E-state index contributed by atoms with van der Waals surface area (Å²) < 4.78 is 5.30. The van der Waals surface area contributed by atoms with Crippen LogP contribution in [0.3, 0.4) is 0 Å². The lowest BCUT2D eigenvalue weighted by molar-refractivity contribution is 0.0499. The average molecular weight is 712 g/mol. The zero-order valence-electron chi connectivity index (χ0n) is 30.6. The zero-order chi connectivity index (χ0) is 37.3. The van der Waals surface area contributed by atoms with Crippen LogP contribution in [0.15, 0.2) is 164 Å². The van der Waals surface area contributed by atoms with E-state index in [1.54, 1.807) is 24.3 Å². The molecule has 9 heteroatoms. The van der Waals surface area contributed by atoms with Crippen molar-refractivity contribution in [3.05, 3.63) is 139 Å². The van der Waals surface area contributed by atoms with Crippen LogP contribution in [0.4, 0.5) is 39.8 Å². The first-order valence-corrected chi connectivity index (χ1v) is 18.4. The molecule has 7 rings (SSSR count). The fourth-order valence-corrected chi connectivity index (χ4v) is 6.13. The lowest BCUT2D eigenvalue weighted by atomic mass is 10.1. The molecule has 268 valence electrons. The lowest BCUT2D eigenvalue weighted by Gasteiger charge is -2.15. The van der Waals surface area contributed by atoms with Crippen molar-refractivity contribution in [3.8, 4) is 0 Å². The highest BCUT2D eigenvalue weighted by molar-refractivity contribution is 6.02. The van der Waals surface area contributed by atoms with Crippen molar-refractivity contribution >= 4 is 78.1 Å². The minimum absolute atomic E-state index is 0.335. The van der Waals surface area contributed by atoms with Crippen LogP contribution in [-0.2, 0) is 4.74 Å². The van der Waals surface area contributed by atoms with Crippen molar-refractivity contribution in [2.75, 3.05) is 11.9 Å². The molecular weight excluding hydrogens is 671 g/mol. The zero-order valence-corrected chi connectivity index (χ0v) is 30.6. The van der Waals surface area contributed by atoms with Crippen molar-refractivity contribution in [3.63, 3.8) is 0 Å². The maximum absolute atomic E-state index is 12.3. The van der Waals surface area contributed by atoms with Crippen molar-refractivity contribution in [1.82, 2.24) is 0 Å². The highest BCUT2D eigenvalue weighted by atomic mass is 16.5. The molecule has 54 heavy (non-hydrogen) atoms. The number of fused-ring (bicyclic) bond motifs is 3. The molecule has 0 aromatic heterocycles. The lowest BCUT2D eigenvalue weighted by Crippen LogP contribution is -2.13. The summed E-state index contributed by atoms with van der Waals surface area (Å²) in [5.41, 5.74) is 5.89. The minimum atomic E-state index is -0.335. The van der Waals surface area contributed by atoms with Gasteiger partial charge < -0.3 is 10.1 Å². The quantitative estimate of drug-likeness (QED) is 0.0729. The third-order valence-electron chi connectivity index (χ3n) is 9.31. The Morgan fingerprint density at radius 3 is 1.39 bits per heavy atom. The number of nitrogens with zero attached hydrogens (tertiary/aromatic N) is 6.